The van der Waals surface area contributed by atoms with E-state index in [1.807, 2.05) is 66.7 Å². The third-order valence-electron chi connectivity index (χ3n) is 3.58. The van der Waals surface area contributed by atoms with Crippen LogP contribution in [0.1, 0.15) is 5.56 Å². The number of hydrogen-bond acceptors (Lipinski definition) is 3. The largest absolute Gasteiger partial charge is 0.484 e. The van der Waals surface area contributed by atoms with Crippen LogP contribution >= 0.6 is 11.6 Å². The second-order valence-electron chi connectivity index (χ2n) is 5.53. The maximum atomic E-state index is 11.8. The first-order chi connectivity index (χ1) is 12.7. The van der Waals surface area contributed by atoms with Crippen molar-refractivity contribution in [2.75, 3.05) is 6.61 Å². The number of ether oxygens (including phenoxy) is 1. The van der Waals surface area contributed by atoms with E-state index >= 15 is 0 Å². The Labute approximate surface area is 157 Å². The van der Waals surface area contributed by atoms with Crippen LogP contribution in [-0.4, -0.2) is 18.7 Å². The zero-order valence-electron chi connectivity index (χ0n) is 13.9. The topological polar surface area (TPSA) is 50.7 Å². The molecule has 0 heterocycles. The quantitative estimate of drug-likeness (QED) is 0.516. The smallest absolute Gasteiger partial charge is 0.277 e. The predicted octanol–water partition coefficient (Wildman–Crippen LogP) is 4.54. The summed E-state index contributed by atoms with van der Waals surface area (Å²) < 4.78 is 5.47. The number of benzene rings is 3. The molecule has 4 nitrogen and oxygen atoms in total. The van der Waals surface area contributed by atoms with Gasteiger partial charge >= 0.3 is 0 Å². The highest BCUT2D eigenvalue weighted by Crippen LogP contribution is 2.21. The molecule has 5 heteroatoms. The average Bonchev–Trinajstić information content (AvgIpc) is 2.68. The maximum absolute atomic E-state index is 11.8. The fourth-order valence-corrected chi connectivity index (χ4v) is 2.52. The van der Waals surface area contributed by atoms with Gasteiger partial charge in [0, 0.05) is 5.02 Å². The van der Waals surface area contributed by atoms with Gasteiger partial charge in [0.15, 0.2) is 6.61 Å². The summed E-state index contributed by atoms with van der Waals surface area (Å²) in [6.07, 6.45) is 1.53. The van der Waals surface area contributed by atoms with Gasteiger partial charge in [-0.2, -0.15) is 5.10 Å². The molecule has 0 aliphatic carbocycles. The monoisotopic (exact) mass is 364 g/mol. The number of nitrogens with one attached hydrogen (secondary N) is 1. The number of carbonyl (C=O) groups is 1. The maximum Gasteiger partial charge on any atom is 0.277 e. The van der Waals surface area contributed by atoms with Gasteiger partial charge in [-0.3, -0.25) is 4.79 Å². The van der Waals surface area contributed by atoms with Gasteiger partial charge in [-0.1, -0.05) is 66.2 Å². The second-order valence-corrected chi connectivity index (χ2v) is 5.96. The summed E-state index contributed by atoms with van der Waals surface area (Å²) in [6.45, 7) is -0.114. The Bertz CT molecular complexity index is 893. The van der Waals surface area contributed by atoms with Crippen molar-refractivity contribution >= 4 is 23.7 Å². The molecular formula is C21H17ClN2O2. The molecule has 0 atom stereocenters. The molecule has 3 aromatic rings. The fourth-order valence-electron chi connectivity index (χ4n) is 2.32. The van der Waals surface area contributed by atoms with Crippen LogP contribution in [0.25, 0.3) is 11.1 Å². The van der Waals surface area contributed by atoms with Gasteiger partial charge in [-0.25, -0.2) is 5.43 Å². The molecule has 0 saturated heterocycles. The first kappa shape index (κ1) is 17.7. The van der Waals surface area contributed by atoms with Gasteiger partial charge in [-0.15, -0.1) is 0 Å². The van der Waals surface area contributed by atoms with E-state index in [1.54, 1.807) is 12.1 Å². The minimum absolute atomic E-state index is 0.114. The van der Waals surface area contributed by atoms with Crippen molar-refractivity contribution in [2.24, 2.45) is 5.10 Å². The highest BCUT2D eigenvalue weighted by Gasteiger charge is 2.02. The lowest BCUT2D eigenvalue weighted by Crippen LogP contribution is -2.24. The van der Waals surface area contributed by atoms with Gasteiger partial charge in [-0.05, 0) is 41.0 Å². The van der Waals surface area contributed by atoms with E-state index in [0.29, 0.717) is 10.8 Å². The Morgan fingerprint density at radius 2 is 1.69 bits per heavy atom. The average molecular weight is 365 g/mol. The van der Waals surface area contributed by atoms with Gasteiger partial charge in [0.05, 0.1) is 6.21 Å². The molecule has 1 amide bonds. The van der Waals surface area contributed by atoms with Crippen LogP contribution in [-0.2, 0) is 4.79 Å². The Morgan fingerprint density at radius 3 is 2.42 bits per heavy atom. The Kier molecular flexibility index (Phi) is 6.01. The Morgan fingerprint density at radius 1 is 0.962 bits per heavy atom. The predicted molar refractivity (Wildman–Crippen MR) is 105 cm³/mol. The minimum atomic E-state index is -0.338. The van der Waals surface area contributed by atoms with Gasteiger partial charge in [0.2, 0.25) is 0 Å². The first-order valence-corrected chi connectivity index (χ1v) is 8.44. The van der Waals surface area contributed by atoms with E-state index in [9.17, 15) is 4.79 Å². The molecule has 130 valence electrons. The second kappa shape index (κ2) is 8.83. The van der Waals surface area contributed by atoms with E-state index in [2.05, 4.69) is 10.5 Å². The van der Waals surface area contributed by atoms with E-state index in [1.165, 1.54) is 6.21 Å². The fraction of sp³-hybridized carbons (Fsp3) is 0.0476. The number of hydrogen-bond donors (Lipinski definition) is 1. The standard InChI is InChI=1S/C21H17ClN2O2/c22-19-8-4-5-16(13-19)14-23-24-21(25)15-26-20-11-9-18(10-12-20)17-6-2-1-3-7-17/h1-14H,15H2,(H,24,25)/b23-14+. The molecule has 0 radical (unpaired) electrons. The van der Waals surface area contributed by atoms with Crippen molar-refractivity contribution in [1.82, 2.24) is 5.43 Å². The number of halogens is 1. The number of carbonyl (C=O) groups excluding carboxylic acids is 1. The molecule has 3 rings (SSSR count). The van der Waals surface area contributed by atoms with Crippen molar-refractivity contribution in [3.05, 3.63) is 89.4 Å². The van der Waals surface area contributed by atoms with Crippen LogP contribution in [0.4, 0.5) is 0 Å². The summed E-state index contributed by atoms with van der Waals surface area (Å²) in [4.78, 5) is 11.8. The summed E-state index contributed by atoms with van der Waals surface area (Å²) in [5.74, 6) is 0.286. The van der Waals surface area contributed by atoms with Crippen molar-refractivity contribution < 1.29 is 9.53 Å². The lowest BCUT2D eigenvalue weighted by atomic mass is 10.1. The Hall–Kier alpha value is -3.11. The van der Waals surface area contributed by atoms with E-state index in [-0.39, 0.29) is 12.5 Å². The van der Waals surface area contributed by atoms with Crippen LogP contribution in [0.15, 0.2) is 84.0 Å². The zero-order chi connectivity index (χ0) is 18.2. The third-order valence-corrected chi connectivity index (χ3v) is 3.82. The summed E-state index contributed by atoms with van der Waals surface area (Å²) in [5, 5.41) is 4.50. The molecule has 0 spiro atoms. The normalized spacial score (nSPS) is 10.7. The van der Waals surface area contributed by atoms with Crippen LogP contribution in [0.5, 0.6) is 5.75 Å². The van der Waals surface area contributed by atoms with Gasteiger partial charge < -0.3 is 4.74 Å². The van der Waals surface area contributed by atoms with E-state index < -0.39 is 0 Å². The lowest BCUT2D eigenvalue weighted by Gasteiger charge is -2.06. The lowest BCUT2D eigenvalue weighted by molar-refractivity contribution is -0.123. The van der Waals surface area contributed by atoms with Crippen LogP contribution in [0, 0.1) is 0 Å². The molecule has 3 aromatic carbocycles. The summed E-state index contributed by atoms with van der Waals surface area (Å²) in [6, 6.07) is 24.8. The number of rotatable bonds is 6. The summed E-state index contributed by atoms with van der Waals surface area (Å²) in [5.41, 5.74) is 5.44. The molecule has 26 heavy (non-hydrogen) atoms. The van der Waals surface area contributed by atoms with Crippen molar-refractivity contribution in [2.45, 2.75) is 0 Å². The van der Waals surface area contributed by atoms with Gasteiger partial charge in [0.25, 0.3) is 5.91 Å². The minimum Gasteiger partial charge on any atom is -0.484 e. The summed E-state index contributed by atoms with van der Waals surface area (Å²) in [7, 11) is 0. The molecule has 1 N–H and O–H groups in total. The van der Waals surface area contributed by atoms with Crippen molar-refractivity contribution in [3.63, 3.8) is 0 Å². The Balaban J connectivity index is 1.48. The zero-order valence-corrected chi connectivity index (χ0v) is 14.7. The molecule has 0 aromatic heterocycles. The van der Waals surface area contributed by atoms with Gasteiger partial charge in [0.1, 0.15) is 5.75 Å². The molecule has 0 fully saturated rings. The molecular weight excluding hydrogens is 348 g/mol. The van der Waals surface area contributed by atoms with Crippen LogP contribution in [0.2, 0.25) is 5.02 Å². The highest BCUT2D eigenvalue weighted by atomic mass is 35.5. The van der Waals surface area contributed by atoms with Crippen LogP contribution in [0.3, 0.4) is 0 Å². The molecule has 0 bridgehead atoms. The number of amides is 1. The molecule has 0 aliphatic rings. The summed E-state index contributed by atoms with van der Waals surface area (Å²) >= 11 is 5.89. The molecule has 0 unspecified atom stereocenters. The van der Waals surface area contributed by atoms with Crippen LogP contribution < -0.4 is 10.2 Å². The number of hydrazone groups is 1. The highest BCUT2D eigenvalue weighted by molar-refractivity contribution is 6.30. The molecule has 0 aliphatic heterocycles. The number of nitrogens with zero attached hydrogens (tertiary/aromatic N) is 1. The SMILES string of the molecule is O=C(COc1ccc(-c2ccccc2)cc1)N/N=C/c1cccc(Cl)c1. The van der Waals surface area contributed by atoms with Crippen molar-refractivity contribution in [1.29, 1.82) is 0 Å². The third kappa shape index (κ3) is 5.19. The van der Waals surface area contributed by atoms with E-state index in [0.717, 1.165) is 16.7 Å². The van der Waals surface area contributed by atoms with E-state index in [4.69, 9.17) is 16.3 Å². The molecule has 0 saturated carbocycles. The van der Waals surface area contributed by atoms with Crippen molar-refractivity contribution in [3.8, 4) is 16.9 Å². The first-order valence-electron chi connectivity index (χ1n) is 8.06.